The molecule has 0 spiro atoms. The molecule has 10 nitrogen and oxygen atoms in total. The molecule has 4 heterocycles. The molecule has 2 atom stereocenters. The molecule has 0 aliphatic carbocycles. The smallest absolute Gasteiger partial charge is 0.262 e. The summed E-state index contributed by atoms with van der Waals surface area (Å²) in [6.45, 7) is 5.83. The third-order valence-electron chi connectivity index (χ3n) is 7.61. The summed E-state index contributed by atoms with van der Waals surface area (Å²) >= 11 is 0. The largest absolute Gasteiger partial charge is 0.494 e. The minimum Gasteiger partial charge on any atom is -0.494 e. The number of nitrogens with zero attached hydrogens (tertiary/aromatic N) is 2. The normalized spacial score (nSPS) is 25.6. The van der Waals surface area contributed by atoms with E-state index < -0.39 is 24.1 Å². The lowest BCUT2D eigenvalue weighted by atomic mass is 10.0. The number of amides is 3. The molecule has 36 heavy (non-hydrogen) atoms. The number of nitrogens with one attached hydrogen (secondary N) is 2. The summed E-state index contributed by atoms with van der Waals surface area (Å²) in [7, 11) is 0. The molecule has 0 radical (unpaired) electrons. The molecule has 0 aromatic heterocycles. The summed E-state index contributed by atoms with van der Waals surface area (Å²) in [5.74, 6) is -0.642. The summed E-state index contributed by atoms with van der Waals surface area (Å²) in [4.78, 5) is 40.8. The van der Waals surface area contributed by atoms with E-state index in [0.29, 0.717) is 30.1 Å². The standard InChI is InChI=1S/C26H36N4O6/c31-23-7-6-22(24(32)28-23)30-25(33)20-5-4-18(14-21(20)26(30)34)35-13-3-1-2-10-29-11-8-17(9-12-29)36-19-15-27-16-19/h4-5,14,17,19,22,24,27,32H,1-3,6-13,15-16H2,(H,28,31). The van der Waals surface area contributed by atoms with Crippen molar-refractivity contribution in [3.05, 3.63) is 29.3 Å². The van der Waals surface area contributed by atoms with E-state index in [-0.39, 0.29) is 24.3 Å². The fourth-order valence-electron chi connectivity index (χ4n) is 5.37. The van der Waals surface area contributed by atoms with Gasteiger partial charge >= 0.3 is 0 Å². The van der Waals surface area contributed by atoms with Crippen molar-refractivity contribution in [3.63, 3.8) is 0 Å². The van der Waals surface area contributed by atoms with Gasteiger partial charge in [0.25, 0.3) is 11.8 Å². The van der Waals surface area contributed by atoms with E-state index in [1.54, 1.807) is 18.2 Å². The number of aliphatic hydroxyl groups excluding tert-OH is 1. The Morgan fingerprint density at radius 1 is 0.944 bits per heavy atom. The fraction of sp³-hybridized carbons (Fsp3) is 0.654. The number of carbonyl (C=O) groups excluding carboxylic acids is 3. The molecule has 1 aromatic rings. The number of imide groups is 1. The van der Waals surface area contributed by atoms with Gasteiger partial charge in [-0.25, -0.2) is 0 Å². The first-order valence-corrected chi connectivity index (χ1v) is 13.2. The summed E-state index contributed by atoms with van der Waals surface area (Å²) < 4.78 is 12.0. The first kappa shape index (κ1) is 25.1. The number of benzene rings is 1. The van der Waals surface area contributed by atoms with Crippen molar-refractivity contribution in [2.24, 2.45) is 0 Å². The molecule has 3 amide bonds. The maximum atomic E-state index is 13.0. The van der Waals surface area contributed by atoms with Gasteiger partial charge in [0.2, 0.25) is 5.91 Å². The van der Waals surface area contributed by atoms with E-state index in [9.17, 15) is 19.5 Å². The van der Waals surface area contributed by atoms with E-state index in [2.05, 4.69) is 15.5 Å². The second-order valence-electron chi connectivity index (χ2n) is 10.2. The highest BCUT2D eigenvalue weighted by molar-refractivity contribution is 6.21. The van der Waals surface area contributed by atoms with Gasteiger partial charge in [-0.05, 0) is 63.3 Å². The van der Waals surface area contributed by atoms with E-state index in [1.807, 2.05) is 0 Å². The predicted octanol–water partition coefficient (Wildman–Crippen LogP) is 0.882. The van der Waals surface area contributed by atoms with Gasteiger partial charge in [0.05, 0.1) is 36.0 Å². The Morgan fingerprint density at radius 3 is 2.44 bits per heavy atom. The zero-order valence-corrected chi connectivity index (χ0v) is 20.6. The van der Waals surface area contributed by atoms with Gasteiger partial charge in [-0.15, -0.1) is 0 Å². The number of likely N-dealkylation sites (tertiary alicyclic amines) is 1. The van der Waals surface area contributed by atoms with E-state index >= 15 is 0 Å². The molecule has 5 rings (SSSR count). The van der Waals surface area contributed by atoms with Gasteiger partial charge < -0.3 is 30.1 Å². The number of rotatable bonds is 10. The number of piperidine rings is 2. The minimum atomic E-state index is -1.26. The number of aliphatic hydroxyl groups is 1. The molecule has 0 bridgehead atoms. The monoisotopic (exact) mass is 500 g/mol. The van der Waals surface area contributed by atoms with Crippen molar-refractivity contribution in [2.45, 2.75) is 69.4 Å². The first-order chi connectivity index (χ1) is 17.5. The van der Waals surface area contributed by atoms with Crippen LogP contribution in [0.15, 0.2) is 18.2 Å². The quantitative estimate of drug-likeness (QED) is 0.320. The van der Waals surface area contributed by atoms with Gasteiger partial charge in [0.1, 0.15) is 12.0 Å². The SMILES string of the molecule is O=C1CCC(N2C(=O)c3ccc(OCCCCCN4CCC(OC5CNC5)CC4)cc3C2=O)C(O)N1. The minimum absolute atomic E-state index is 0.161. The maximum absolute atomic E-state index is 13.0. The summed E-state index contributed by atoms with van der Waals surface area (Å²) in [6, 6.07) is 4.15. The Hall–Kier alpha value is -2.53. The number of unbranched alkanes of at least 4 members (excludes halogenated alkanes) is 2. The Bertz CT molecular complexity index is 975. The molecular formula is C26H36N4O6. The van der Waals surface area contributed by atoms with Crippen molar-refractivity contribution in [1.29, 1.82) is 0 Å². The van der Waals surface area contributed by atoms with Crippen LogP contribution in [-0.4, -0.2) is 96.4 Å². The van der Waals surface area contributed by atoms with Crippen LogP contribution in [0.1, 0.15) is 65.7 Å². The zero-order valence-electron chi connectivity index (χ0n) is 20.6. The molecule has 3 saturated heterocycles. The van der Waals surface area contributed by atoms with E-state index in [0.717, 1.165) is 69.7 Å². The summed E-state index contributed by atoms with van der Waals surface area (Å²) in [6.07, 6.45) is 5.30. The molecule has 1 aromatic carbocycles. The number of fused-ring (bicyclic) bond motifs is 1. The number of carbonyl (C=O) groups is 3. The highest BCUT2D eigenvalue weighted by Crippen LogP contribution is 2.31. The number of ether oxygens (including phenoxy) is 2. The average Bonchev–Trinajstić information content (AvgIpc) is 3.09. The molecule has 2 unspecified atom stereocenters. The van der Waals surface area contributed by atoms with Crippen LogP contribution < -0.4 is 15.4 Å². The average molecular weight is 501 g/mol. The molecule has 196 valence electrons. The lowest BCUT2D eigenvalue weighted by Crippen LogP contribution is -2.57. The van der Waals surface area contributed by atoms with Crippen LogP contribution in [-0.2, 0) is 9.53 Å². The third kappa shape index (κ3) is 5.56. The van der Waals surface area contributed by atoms with Crippen LogP contribution >= 0.6 is 0 Å². The maximum Gasteiger partial charge on any atom is 0.262 e. The van der Waals surface area contributed by atoms with Crippen LogP contribution in [0, 0.1) is 0 Å². The van der Waals surface area contributed by atoms with Crippen molar-refractivity contribution in [2.75, 3.05) is 39.3 Å². The van der Waals surface area contributed by atoms with E-state index in [1.165, 1.54) is 0 Å². The van der Waals surface area contributed by atoms with Crippen LogP contribution in [0.2, 0.25) is 0 Å². The lowest BCUT2D eigenvalue weighted by Gasteiger charge is -2.36. The molecule has 3 N–H and O–H groups in total. The van der Waals surface area contributed by atoms with Crippen molar-refractivity contribution in [1.82, 2.24) is 20.4 Å². The van der Waals surface area contributed by atoms with Gasteiger partial charge in [-0.2, -0.15) is 0 Å². The number of hydrogen-bond donors (Lipinski definition) is 3. The molecular weight excluding hydrogens is 464 g/mol. The summed E-state index contributed by atoms with van der Waals surface area (Å²) in [5, 5.41) is 15.8. The van der Waals surface area contributed by atoms with Gasteiger partial charge in [0.15, 0.2) is 0 Å². The molecule has 10 heteroatoms. The van der Waals surface area contributed by atoms with Crippen LogP contribution in [0.5, 0.6) is 5.75 Å². The Labute approximate surface area is 211 Å². The highest BCUT2D eigenvalue weighted by atomic mass is 16.5. The van der Waals surface area contributed by atoms with Gasteiger partial charge in [-0.3, -0.25) is 19.3 Å². The van der Waals surface area contributed by atoms with Crippen LogP contribution in [0.25, 0.3) is 0 Å². The Kier molecular flexibility index (Phi) is 7.85. The van der Waals surface area contributed by atoms with Gasteiger partial charge in [-0.1, -0.05) is 0 Å². The summed E-state index contributed by atoms with van der Waals surface area (Å²) in [5.41, 5.74) is 0.581. The van der Waals surface area contributed by atoms with Crippen molar-refractivity contribution < 1.29 is 29.0 Å². The molecule has 3 fully saturated rings. The first-order valence-electron chi connectivity index (χ1n) is 13.2. The second-order valence-corrected chi connectivity index (χ2v) is 10.2. The third-order valence-corrected chi connectivity index (χ3v) is 7.61. The topological polar surface area (TPSA) is 120 Å². The lowest BCUT2D eigenvalue weighted by molar-refractivity contribution is -0.129. The zero-order chi connectivity index (χ0) is 25.1. The van der Waals surface area contributed by atoms with E-state index in [4.69, 9.17) is 9.47 Å². The second kappa shape index (κ2) is 11.2. The number of hydrogen-bond acceptors (Lipinski definition) is 8. The molecule has 0 saturated carbocycles. The Balaban J connectivity index is 1.02. The van der Waals surface area contributed by atoms with Gasteiger partial charge in [0, 0.05) is 32.6 Å². The fourth-order valence-corrected chi connectivity index (χ4v) is 5.37. The van der Waals surface area contributed by atoms with Crippen molar-refractivity contribution >= 4 is 17.7 Å². The van der Waals surface area contributed by atoms with Crippen LogP contribution in [0.3, 0.4) is 0 Å². The molecule has 4 aliphatic rings. The predicted molar refractivity (Wildman–Crippen MR) is 131 cm³/mol. The van der Waals surface area contributed by atoms with Crippen molar-refractivity contribution in [3.8, 4) is 5.75 Å². The Morgan fingerprint density at radius 2 is 1.72 bits per heavy atom. The van der Waals surface area contributed by atoms with Crippen LogP contribution in [0.4, 0.5) is 0 Å². The molecule has 4 aliphatic heterocycles. The highest BCUT2D eigenvalue weighted by Gasteiger charge is 2.44.